The van der Waals surface area contributed by atoms with Crippen LogP contribution in [0.5, 0.6) is 0 Å². The molecular weight excluding hydrogens is 915 g/mol. The molecule has 2 saturated heterocycles. The third-order valence-corrected chi connectivity index (χ3v) is 16.5. The lowest BCUT2D eigenvalue weighted by atomic mass is 9.81. The molecule has 4 saturated carbocycles. The van der Waals surface area contributed by atoms with Crippen molar-refractivity contribution >= 4 is 41.7 Å². The molecule has 400 valence electrons. The molecule has 2 heterocycles. The maximum atomic E-state index is 14.6. The maximum Gasteiger partial charge on any atom is 0.407 e. The molecule has 7 amide bonds. The van der Waals surface area contributed by atoms with Crippen LogP contribution >= 0.6 is 0 Å². The molecule has 2 radical (unpaired) electrons. The summed E-state index contributed by atoms with van der Waals surface area (Å²) in [4.78, 5) is 96.7. The van der Waals surface area contributed by atoms with Crippen molar-refractivity contribution in [3.63, 3.8) is 0 Å². The van der Waals surface area contributed by atoms with Gasteiger partial charge in [-0.1, -0.05) is 25.7 Å². The predicted octanol–water partition coefficient (Wildman–Crippen LogP) is 4.45. The summed E-state index contributed by atoms with van der Waals surface area (Å²) in [5, 5.41) is 51.0. The molecule has 0 bridgehead atoms. The molecule has 2 aliphatic heterocycles. The first-order valence-electron chi connectivity index (χ1n) is 26.1. The molecule has 6 fully saturated rings. The van der Waals surface area contributed by atoms with Crippen LogP contribution in [0, 0.1) is 29.6 Å². The van der Waals surface area contributed by atoms with Gasteiger partial charge in [0.1, 0.15) is 11.2 Å². The predicted molar refractivity (Wildman–Crippen MR) is 260 cm³/mol. The average molecular weight is 1000 g/mol. The molecule has 0 aromatic heterocycles. The van der Waals surface area contributed by atoms with Gasteiger partial charge in [-0.25, -0.2) is 9.59 Å². The van der Waals surface area contributed by atoms with Gasteiger partial charge in [0.25, 0.3) is 0 Å². The van der Waals surface area contributed by atoms with Crippen LogP contribution in [0.15, 0.2) is 0 Å². The van der Waals surface area contributed by atoms with Crippen LogP contribution < -0.4 is 37.2 Å². The second-order valence-corrected chi connectivity index (χ2v) is 25.5. The minimum atomic E-state index is -1.25. The first kappa shape index (κ1) is 56.0. The van der Waals surface area contributed by atoms with Crippen molar-refractivity contribution in [3.8, 4) is 0 Å². The van der Waals surface area contributed by atoms with Gasteiger partial charge in [-0.05, 0) is 148 Å². The van der Waals surface area contributed by atoms with E-state index < -0.39 is 123 Å². The number of hydrogen-bond acceptors (Lipinski definition) is 11. The van der Waals surface area contributed by atoms with Gasteiger partial charge in [0.15, 0.2) is 0 Å². The van der Waals surface area contributed by atoms with Crippen molar-refractivity contribution in [2.45, 2.75) is 250 Å². The number of hydrogen-bond donors (Lipinski definition) is 7. The second kappa shape index (κ2) is 20.6. The lowest BCUT2D eigenvalue weighted by Crippen LogP contribution is -2.62. The number of carbonyl (C=O) groups is 7. The summed E-state index contributed by atoms with van der Waals surface area (Å²) in [7, 11) is 0. The number of rotatable bonds is 12. The molecule has 0 aromatic rings. The number of alkyl carbamates (subject to hydrolysis) is 2. The van der Waals surface area contributed by atoms with Gasteiger partial charge in [0.05, 0.1) is 69.9 Å². The minimum absolute atomic E-state index is 0.298. The molecule has 0 unspecified atom stereocenters. The molecule has 7 N–H and O–H groups in total. The van der Waals surface area contributed by atoms with Crippen molar-refractivity contribution in [2.24, 2.45) is 29.6 Å². The van der Waals surface area contributed by atoms with E-state index in [9.17, 15) is 44.0 Å². The summed E-state index contributed by atoms with van der Waals surface area (Å²) in [5.41, 5.74) is -6.15. The second-order valence-electron chi connectivity index (χ2n) is 25.5. The number of nitrogens with one attached hydrogen (secondary N) is 7. The van der Waals surface area contributed by atoms with Crippen molar-refractivity contribution in [1.29, 1.82) is 0 Å². The Balaban J connectivity index is 1.10. The van der Waals surface area contributed by atoms with Crippen LogP contribution in [0.2, 0.25) is 0 Å². The smallest absolute Gasteiger partial charge is 0.407 e. The maximum absolute atomic E-state index is 14.6. The van der Waals surface area contributed by atoms with E-state index in [0.29, 0.717) is 77.0 Å². The first-order valence-corrected chi connectivity index (χ1v) is 26.1. The van der Waals surface area contributed by atoms with E-state index in [1.807, 2.05) is 0 Å². The van der Waals surface area contributed by atoms with Gasteiger partial charge in [-0.2, -0.15) is 0 Å². The molecule has 20 heteroatoms. The SMILES string of the molecule is CC(C)(C)OC(=O)N[C@H]1CCC[C@@H]1C(=O)N[C@@H]1[C@@H](NC(=O)[C@H]2CCC[C@@H]2NC(=O)[C@H]2CCC[C@@H]2NC(=O)[C@@H]2[C@@H](NC(=O)[C@H]3CCC[C@@H]3NC(=O)OC(C)(C)C)C(C)(C)N([O])C2(C)C)C(C)(C)N([O])C1(C)C. The van der Waals surface area contributed by atoms with Crippen LogP contribution in [-0.2, 0) is 43.9 Å². The number of carbonyl (C=O) groups excluding carboxylic acids is 7. The van der Waals surface area contributed by atoms with Crippen molar-refractivity contribution in [2.75, 3.05) is 0 Å². The molecular formula is C51H85N9O11. The van der Waals surface area contributed by atoms with Crippen LogP contribution in [0.1, 0.15) is 174 Å². The fourth-order valence-electron chi connectivity index (χ4n) is 12.9. The number of amides is 7. The van der Waals surface area contributed by atoms with Crippen LogP contribution in [-0.4, -0.2) is 127 Å². The lowest BCUT2D eigenvalue weighted by molar-refractivity contribution is -0.249. The summed E-state index contributed by atoms with van der Waals surface area (Å²) >= 11 is 0. The van der Waals surface area contributed by atoms with E-state index in [1.165, 1.54) is 0 Å². The third-order valence-electron chi connectivity index (χ3n) is 16.5. The Morgan fingerprint density at radius 3 is 0.986 bits per heavy atom. The third kappa shape index (κ3) is 11.9. The van der Waals surface area contributed by atoms with E-state index in [4.69, 9.17) is 9.47 Å². The molecule has 12 atom stereocenters. The van der Waals surface area contributed by atoms with Crippen LogP contribution in [0.4, 0.5) is 9.59 Å². The van der Waals surface area contributed by atoms with Gasteiger partial charge >= 0.3 is 12.2 Å². The Hall–Kier alpha value is -4.27. The number of hydroxylamine groups is 4. The van der Waals surface area contributed by atoms with Crippen LogP contribution in [0.3, 0.4) is 0 Å². The van der Waals surface area contributed by atoms with E-state index in [2.05, 4.69) is 37.2 Å². The van der Waals surface area contributed by atoms with Crippen LogP contribution in [0.25, 0.3) is 0 Å². The Labute approximate surface area is 420 Å². The monoisotopic (exact) mass is 1000 g/mol. The van der Waals surface area contributed by atoms with Crippen molar-refractivity contribution in [1.82, 2.24) is 47.3 Å². The highest BCUT2D eigenvalue weighted by Crippen LogP contribution is 2.46. The van der Waals surface area contributed by atoms with Crippen molar-refractivity contribution in [3.05, 3.63) is 0 Å². The molecule has 0 aromatic carbocycles. The summed E-state index contributed by atoms with van der Waals surface area (Å²) in [5.74, 6) is -5.20. The summed E-state index contributed by atoms with van der Waals surface area (Å²) in [6, 6.07) is -4.57. The van der Waals surface area contributed by atoms with Gasteiger partial charge in [-0.3, -0.25) is 24.0 Å². The fourth-order valence-corrected chi connectivity index (χ4v) is 12.9. The fraction of sp³-hybridized carbons (Fsp3) is 0.863. The number of ether oxygens (including phenoxy) is 2. The zero-order valence-electron chi connectivity index (χ0n) is 44.8. The highest BCUT2D eigenvalue weighted by molar-refractivity contribution is 5.88. The highest BCUT2D eigenvalue weighted by Gasteiger charge is 2.64. The minimum Gasteiger partial charge on any atom is -0.444 e. The summed E-state index contributed by atoms with van der Waals surface area (Å²) in [6.45, 7) is 24.3. The Kier molecular flexibility index (Phi) is 16.2. The van der Waals surface area contributed by atoms with E-state index in [1.54, 1.807) is 96.9 Å². The van der Waals surface area contributed by atoms with E-state index >= 15 is 0 Å². The average Bonchev–Trinajstić information content (AvgIpc) is 4.09. The molecule has 71 heavy (non-hydrogen) atoms. The normalized spacial score (nSPS) is 34.3. The van der Waals surface area contributed by atoms with E-state index in [-0.39, 0.29) is 23.6 Å². The zero-order valence-corrected chi connectivity index (χ0v) is 44.8. The lowest BCUT2D eigenvalue weighted by Gasteiger charge is -2.34. The Morgan fingerprint density at radius 2 is 0.648 bits per heavy atom. The topological polar surface area (TPSA) is 268 Å². The largest absolute Gasteiger partial charge is 0.444 e. The van der Waals surface area contributed by atoms with Crippen molar-refractivity contribution < 1.29 is 53.4 Å². The Morgan fingerprint density at radius 1 is 0.380 bits per heavy atom. The summed E-state index contributed by atoms with van der Waals surface area (Å²) in [6.07, 6.45) is 5.73. The zero-order chi connectivity index (χ0) is 53.0. The van der Waals surface area contributed by atoms with Gasteiger partial charge < -0.3 is 46.7 Å². The first-order chi connectivity index (χ1) is 32.7. The highest BCUT2D eigenvalue weighted by atomic mass is 16.6. The molecule has 0 spiro atoms. The van der Waals surface area contributed by atoms with Gasteiger partial charge in [-0.15, -0.1) is 20.5 Å². The molecule has 6 aliphatic rings. The molecule has 20 nitrogen and oxygen atoms in total. The van der Waals surface area contributed by atoms with E-state index in [0.717, 1.165) is 10.1 Å². The van der Waals surface area contributed by atoms with Gasteiger partial charge in [0.2, 0.25) is 29.5 Å². The number of nitrogens with zero attached hydrogens (tertiary/aromatic N) is 2. The quantitative estimate of drug-likeness (QED) is 0.144. The summed E-state index contributed by atoms with van der Waals surface area (Å²) < 4.78 is 10.9. The standard InChI is InChI=1S/C51H85N9O11/c1-46(2,3)70-44(66)54-33-25-17-21-29(33)40(62)56-36-35(48(7,8)59(68)49(36,9)10)43(65)53-32-24-15-19-27(32)39(61)52-31-23-16-20-28(31)41(63)57-37-38(51(13,14)60(69)50(37,11)12)58-42(64)30-22-18-26-34(30)55-45(67)71-47(4,5)6/h27-38H,15-26H2,1-14H3,(H,52,61)(H,53,65)(H,54,66)(H,55,67)(H,56,62)(H,57,63)(H,58,64)/t27-,28-,29-,30-,31-,32-,33-,34-,35-,36+,37+,38+/m0/s1. The molecule has 6 rings (SSSR count). The molecule has 4 aliphatic carbocycles. The Bertz CT molecular complexity index is 2030. The van der Waals surface area contributed by atoms with Gasteiger partial charge in [0, 0.05) is 24.2 Å².